The van der Waals surface area contributed by atoms with E-state index >= 15 is 0 Å². The number of nitrogens with zero attached hydrogens (tertiary/aromatic N) is 2. The van der Waals surface area contributed by atoms with E-state index in [1.807, 2.05) is 35.2 Å². The van der Waals surface area contributed by atoms with Crippen LogP contribution in [-0.4, -0.2) is 50.0 Å². The molecule has 1 saturated heterocycles. The zero-order chi connectivity index (χ0) is 21.7. The Balaban J connectivity index is 0.00000289. The molecule has 1 unspecified atom stereocenters. The van der Waals surface area contributed by atoms with Crippen molar-refractivity contribution in [2.24, 2.45) is 10.9 Å². The van der Waals surface area contributed by atoms with E-state index in [1.165, 1.54) is 23.3 Å². The van der Waals surface area contributed by atoms with Gasteiger partial charge < -0.3 is 15.5 Å². The summed E-state index contributed by atoms with van der Waals surface area (Å²) in [5.41, 5.74) is 2.51. The quantitative estimate of drug-likeness (QED) is 0.299. The monoisotopic (exact) mass is 550 g/mol. The molecule has 2 aromatic carbocycles. The van der Waals surface area contributed by atoms with Crippen LogP contribution < -0.4 is 10.6 Å². The van der Waals surface area contributed by atoms with E-state index < -0.39 is 0 Å². The van der Waals surface area contributed by atoms with E-state index in [2.05, 4.69) is 27.8 Å². The summed E-state index contributed by atoms with van der Waals surface area (Å²) in [5.74, 6) is 1.07. The number of benzene rings is 2. The molecule has 2 aliphatic rings. The molecule has 0 bridgehead atoms. The molecule has 1 heterocycles. The average molecular weight is 550 g/mol. The molecule has 2 N–H and O–H groups in total. The number of carbonyl (C=O) groups is 1. The van der Waals surface area contributed by atoms with E-state index in [1.54, 1.807) is 7.05 Å². The lowest BCUT2D eigenvalue weighted by Crippen LogP contribution is -2.43. The standard InChI is InChI=1S/C25H31FN4O.HI/c1-27-24(29-18-25(12-13-25)21-7-9-22(26)10-8-21)28-16-20-15-23(31)30(17-20)14-11-19-5-3-2-4-6-19;/h2-10,20H,11-18H2,1H3,(H2,27,28,29);1H. The lowest BCUT2D eigenvalue weighted by molar-refractivity contribution is -0.127. The highest BCUT2D eigenvalue weighted by molar-refractivity contribution is 14.0. The van der Waals surface area contributed by atoms with Crippen LogP contribution in [0.5, 0.6) is 0 Å². The summed E-state index contributed by atoms with van der Waals surface area (Å²) in [6.07, 6.45) is 3.66. The first-order valence-corrected chi connectivity index (χ1v) is 11.1. The Bertz CT molecular complexity index is 915. The molecule has 1 aliphatic carbocycles. The van der Waals surface area contributed by atoms with Crippen LogP contribution in [0.1, 0.15) is 30.4 Å². The molecule has 0 radical (unpaired) electrons. The third-order valence-corrected chi connectivity index (χ3v) is 6.49. The molecule has 4 rings (SSSR count). The van der Waals surface area contributed by atoms with Crippen LogP contribution in [0.3, 0.4) is 0 Å². The van der Waals surface area contributed by atoms with Crippen molar-refractivity contribution in [3.8, 4) is 0 Å². The van der Waals surface area contributed by atoms with Crippen LogP contribution >= 0.6 is 24.0 Å². The van der Waals surface area contributed by atoms with E-state index in [0.717, 1.165) is 51.4 Å². The summed E-state index contributed by atoms with van der Waals surface area (Å²) in [6, 6.07) is 17.1. The molecular weight excluding hydrogens is 518 g/mol. The smallest absolute Gasteiger partial charge is 0.223 e. The molecular formula is C25H32FIN4O. The second-order valence-corrected chi connectivity index (χ2v) is 8.74. The topological polar surface area (TPSA) is 56.7 Å². The molecule has 1 aliphatic heterocycles. The number of rotatable bonds is 8. The fourth-order valence-corrected chi connectivity index (χ4v) is 4.35. The predicted molar refractivity (Wildman–Crippen MR) is 137 cm³/mol. The summed E-state index contributed by atoms with van der Waals surface area (Å²) >= 11 is 0. The fraction of sp³-hybridized carbons (Fsp3) is 0.440. The third-order valence-electron chi connectivity index (χ3n) is 6.49. The number of carbonyl (C=O) groups excluding carboxylic acids is 1. The van der Waals surface area contributed by atoms with Gasteiger partial charge in [-0.25, -0.2) is 4.39 Å². The van der Waals surface area contributed by atoms with Gasteiger partial charge >= 0.3 is 0 Å². The summed E-state index contributed by atoms with van der Waals surface area (Å²) in [4.78, 5) is 18.7. The fourth-order valence-electron chi connectivity index (χ4n) is 4.35. The average Bonchev–Trinajstić information content (AvgIpc) is 3.50. The van der Waals surface area contributed by atoms with Gasteiger partial charge in [-0.05, 0) is 42.5 Å². The van der Waals surface area contributed by atoms with Gasteiger partial charge in [0.1, 0.15) is 5.82 Å². The van der Waals surface area contributed by atoms with Crippen LogP contribution in [0.25, 0.3) is 0 Å². The van der Waals surface area contributed by atoms with Crippen molar-refractivity contribution >= 4 is 35.8 Å². The van der Waals surface area contributed by atoms with Gasteiger partial charge in [0.15, 0.2) is 5.96 Å². The Morgan fingerprint density at radius 2 is 1.84 bits per heavy atom. The largest absolute Gasteiger partial charge is 0.356 e. The molecule has 7 heteroatoms. The van der Waals surface area contributed by atoms with Crippen molar-refractivity contribution in [2.75, 3.05) is 33.2 Å². The molecule has 2 aromatic rings. The minimum absolute atomic E-state index is 0. The zero-order valence-corrected chi connectivity index (χ0v) is 20.8. The highest BCUT2D eigenvalue weighted by Gasteiger charge is 2.44. The summed E-state index contributed by atoms with van der Waals surface area (Å²) in [7, 11) is 1.76. The van der Waals surface area contributed by atoms with Crippen LogP contribution in [0, 0.1) is 11.7 Å². The van der Waals surface area contributed by atoms with Gasteiger partial charge in [0.05, 0.1) is 0 Å². The van der Waals surface area contributed by atoms with E-state index in [9.17, 15) is 9.18 Å². The molecule has 2 fully saturated rings. The molecule has 0 spiro atoms. The second kappa shape index (κ2) is 11.1. The minimum atomic E-state index is -0.200. The molecule has 1 saturated carbocycles. The van der Waals surface area contributed by atoms with Crippen molar-refractivity contribution in [2.45, 2.75) is 31.1 Å². The van der Waals surface area contributed by atoms with Crippen LogP contribution in [0.2, 0.25) is 0 Å². The van der Waals surface area contributed by atoms with Crippen molar-refractivity contribution in [1.29, 1.82) is 0 Å². The van der Waals surface area contributed by atoms with E-state index in [0.29, 0.717) is 6.42 Å². The highest BCUT2D eigenvalue weighted by Crippen LogP contribution is 2.47. The first-order chi connectivity index (χ1) is 15.1. The predicted octanol–water partition coefficient (Wildman–Crippen LogP) is 3.73. The number of guanidine groups is 1. The molecule has 0 aromatic heterocycles. The number of halogens is 2. The number of hydrogen-bond donors (Lipinski definition) is 2. The van der Waals surface area contributed by atoms with Gasteiger partial charge in [-0.2, -0.15) is 0 Å². The van der Waals surface area contributed by atoms with Crippen LogP contribution in [0.15, 0.2) is 59.6 Å². The van der Waals surface area contributed by atoms with Crippen LogP contribution in [0.4, 0.5) is 4.39 Å². The highest BCUT2D eigenvalue weighted by atomic mass is 127. The first-order valence-electron chi connectivity index (χ1n) is 11.1. The Hall–Kier alpha value is -2.16. The van der Waals surface area contributed by atoms with Crippen molar-refractivity contribution in [3.63, 3.8) is 0 Å². The second-order valence-electron chi connectivity index (χ2n) is 8.74. The first kappa shape index (κ1) is 24.5. The van der Waals surface area contributed by atoms with Gasteiger partial charge in [0, 0.05) is 51.0 Å². The Kier molecular flexibility index (Phi) is 8.51. The minimum Gasteiger partial charge on any atom is -0.356 e. The molecule has 1 amide bonds. The van der Waals surface area contributed by atoms with E-state index in [4.69, 9.17) is 0 Å². The molecule has 32 heavy (non-hydrogen) atoms. The normalized spacial score (nSPS) is 19.4. The van der Waals surface area contributed by atoms with Crippen molar-refractivity contribution < 1.29 is 9.18 Å². The van der Waals surface area contributed by atoms with E-state index in [-0.39, 0.29) is 47.0 Å². The number of hydrogen-bond acceptors (Lipinski definition) is 2. The summed E-state index contributed by atoms with van der Waals surface area (Å²) in [6.45, 7) is 3.05. The maximum absolute atomic E-state index is 13.2. The summed E-state index contributed by atoms with van der Waals surface area (Å²) < 4.78 is 13.2. The van der Waals surface area contributed by atoms with Gasteiger partial charge in [-0.3, -0.25) is 9.79 Å². The van der Waals surface area contributed by atoms with Crippen molar-refractivity contribution in [3.05, 3.63) is 71.5 Å². The van der Waals surface area contributed by atoms with Gasteiger partial charge in [-0.1, -0.05) is 42.5 Å². The number of amides is 1. The Morgan fingerprint density at radius 1 is 1.12 bits per heavy atom. The van der Waals surface area contributed by atoms with Gasteiger partial charge in [0.25, 0.3) is 0 Å². The molecule has 5 nitrogen and oxygen atoms in total. The lowest BCUT2D eigenvalue weighted by Gasteiger charge is -2.20. The number of nitrogens with one attached hydrogen (secondary N) is 2. The SMILES string of the molecule is CN=C(NCC1CC(=O)N(CCc2ccccc2)C1)NCC1(c2ccc(F)cc2)CC1.I. The maximum Gasteiger partial charge on any atom is 0.223 e. The number of likely N-dealkylation sites (tertiary alicyclic amines) is 1. The van der Waals surface area contributed by atoms with Gasteiger partial charge in [0.2, 0.25) is 5.91 Å². The summed E-state index contributed by atoms with van der Waals surface area (Å²) in [5, 5.41) is 6.81. The molecule has 172 valence electrons. The zero-order valence-electron chi connectivity index (χ0n) is 18.5. The molecule has 1 atom stereocenters. The maximum atomic E-state index is 13.2. The van der Waals surface area contributed by atoms with Crippen molar-refractivity contribution in [1.82, 2.24) is 15.5 Å². The Labute approximate surface area is 206 Å². The lowest BCUT2D eigenvalue weighted by atomic mass is 9.96. The van der Waals surface area contributed by atoms with Crippen LogP contribution in [-0.2, 0) is 16.6 Å². The van der Waals surface area contributed by atoms with Gasteiger partial charge in [-0.15, -0.1) is 24.0 Å². The number of aliphatic imine (C=N–C) groups is 1. The Morgan fingerprint density at radius 3 is 2.50 bits per heavy atom. The third kappa shape index (κ3) is 6.21.